The number of fused-ring (bicyclic) bond motifs is 1. The van der Waals surface area contributed by atoms with E-state index in [0.29, 0.717) is 30.2 Å². The Kier molecular flexibility index (Phi) is 8.41. The molecule has 1 aliphatic rings. The molecule has 0 radical (unpaired) electrons. The van der Waals surface area contributed by atoms with Crippen molar-refractivity contribution in [2.75, 3.05) is 13.3 Å². The summed E-state index contributed by atoms with van der Waals surface area (Å²) >= 11 is 5.92. The van der Waals surface area contributed by atoms with Gasteiger partial charge in [0.25, 0.3) is 0 Å². The molecule has 0 amide bonds. The Balaban J connectivity index is 1.41. The predicted molar refractivity (Wildman–Crippen MR) is 150 cm³/mol. The van der Waals surface area contributed by atoms with E-state index in [9.17, 15) is 4.39 Å². The first-order chi connectivity index (χ1) is 18.6. The summed E-state index contributed by atoms with van der Waals surface area (Å²) in [4.78, 5) is 7.13. The van der Waals surface area contributed by atoms with E-state index in [1.165, 1.54) is 6.07 Å². The fraction of sp³-hybridized carbons (Fsp3) is 0.258. The monoisotopic (exact) mass is 531 g/mol. The van der Waals surface area contributed by atoms with E-state index in [1.54, 1.807) is 12.1 Å². The van der Waals surface area contributed by atoms with Gasteiger partial charge in [0.1, 0.15) is 11.6 Å². The number of nitrogens with zero attached hydrogens (tertiary/aromatic N) is 3. The number of imidazole rings is 1. The summed E-state index contributed by atoms with van der Waals surface area (Å²) < 4.78 is 27.7. The second kappa shape index (κ2) is 12.3. The molecule has 0 saturated carbocycles. The molecule has 4 aromatic rings. The topological polar surface area (TPSA) is 39.5 Å². The van der Waals surface area contributed by atoms with Crippen LogP contribution >= 0.6 is 11.6 Å². The lowest BCUT2D eigenvalue weighted by molar-refractivity contribution is 0.174. The van der Waals surface area contributed by atoms with Gasteiger partial charge in [-0.05, 0) is 36.2 Å². The van der Waals surface area contributed by atoms with E-state index in [-0.39, 0.29) is 12.6 Å². The SMILES string of the molecule is CCCCn1c(CN(C/C=C/c2ccc(Cl)cc2F)Cc2ccc3c(c2)OCO3)cnc1-c1ccccc1. The van der Waals surface area contributed by atoms with Crippen molar-refractivity contribution < 1.29 is 13.9 Å². The number of benzene rings is 3. The number of halogens is 2. The molecule has 0 saturated heterocycles. The summed E-state index contributed by atoms with van der Waals surface area (Å²) in [5.41, 5.74) is 3.87. The molecule has 38 heavy (non-hydrogen) atoms. The van der Waals surface area contributed by atoms with Gasteiger partial charge in [-0.25, -0.2) is 9.37 Å². The van der Waals surface area contributed by atoms with Crippen molar-refractivity contribution in [2.24, 2.45) is 0 Å². The molecular weight excluding hydrogens is 501 g/mol. The number of hydrogen-bond acceptors (Lipinski definition) is 4. The molecule has 1 aliphatic heterocycles. The fourth-order valence-electron chi connectivity index (χ4n) is 4.60. The largest absolute Gasteiger partial charge is 0.454 e. The Labute approximate surface area is 228 Å². The van der Waals surface area contributed by atoms with Crippen molar-refractivity contribution in [3.8, 4) is 22.9 Å². The Hall–Kier alpha value is -3.61. The van der Waals surface area contributed by atoms with Crippen LogP contribution in [-0.2, 0) is 19.6 Å². The summed E-state index contributed by atoms with van der Waals surface area (Å²) in [7, 11) is 0. The lowest BCUT2D eigenvalue weighted by Gasteiger charge is -2.22. The van der Waals surface area contributed by atoms with Crippen LogP contribution in [0.1, 0.15) is 36.6 Å². The van der Waals surface area contributed by atoms with Crippen molar-refractivity contribution in [3.63, 3.8) is 0 Å². The molecule has 1 aromatic heterocycles. The van der Waals surface area contributed by atoms with Gasteiger partial charge in [-0.15, -0.1) is 0 Å². The maximum atomic E-state index is 14.3. The number of rotatable bonds is 11. The lowest BCUT2D eigenvalue weighted by Crippen LogP contribution is -2.24. The quantitative estimate of drug-likeness (QED) is 0.200. The zero-order valence-corrected chi connectivity index (χ0v) is 22.2. The molecule has 0 fully saturated rings. The molecule has 0 bridgehead atoms. The van der Waals surface area contributed by atoms with Crippen LogP contribution in [0.5, 0.6) is 11.5 Å². The lowest BCUT2D eigenvalue weighted by atomic mass is 10.1. The second-order valence-electron chi connectivity index (χ2n) is 9.37. The normalized spacial score (nSPS) is 12.6. The third kappa shape index (κ3) is 6.26. The summed E-state index contributed by atoms with van der Waals surface area (Å²) in [5.74, 6) is 2.18. The number of hydrogen-bond donors (Lipinski definition) is 0. The molecule has 5 rings (SSSR count). The standard InChI is InChI=1S/C31H31ClFN3O2/c1-2-3-16-36-27(19-34-31(36)25-8-5-4-6-9-25)21-35(15-7-10-24-12-13-26(32)18-28(24)33)20-23-11-14-29-30(17-23)38-22-37-29/h4-14,17-19H,2-3,15-16,20-22H2,1H3/b10-7+. The van der Waals surface area contributed by atoms with Crippen molar-refractivity contribution in [2.45, 2.75) is 39.4 Å². The Morgan fingerprint density at radius 2 is 1.87 bits per heavy atom. The molecule has 0 N–H and O–H groups in total. The van der Waals surface area contributed by atoms with E-state index < -0.39 is 0 Å². The van der Waals surface area contributed by atoms with Crippen LogP contribution in [0.15, 0.2) is 79.0 Å². The van der Waals surface area contributed by atoms with E-state index in [4.69, 9.17) is 26.1 Å². The third-order valence-corrected chi connectivity index (χ3v) is 6.79. The molecule has 3 aromatic carbocycles. The number of unbranched alkanes of at least 4 members (excludes halogenated alkanes) is 1. The van der Waals surface area contributed by atoms with Crippen LogP contribution in [0.4, 0.5) is 4.39 Å². The summed E-state index contributed by atoms with van der Waals surface area (Å²) in [5, 5.41) is 0.388. The minimum absolute atomic E-state index is 0.247. The number of ether oxygens (including phenoxy) is 2. The molecule has 196 valence electrons. The predicted octanol–water partition coefficient (Wildman–Crippen LogP) is 7.59. The van der Waals surface area contributed by atoms with E-state index >= 15 is 0 Å². The van der Waals surface area contributed by atoms with Crippen LogP contribution in [-0.4, -0.2) is 27.8 Å². The van der Waals surface area contributed by atoms with E-state index in [0.717, 1.165) is 53.5 Å². The first-order valence-electron chi connectivity index (χ1n) is 12.9. The summed E-state index contributed by atoms with van der Waals surface area (Å²) in [6.45, 7) is 5.34. The first-order valence-corrected chi connectivity index (χ1v) is 13.3. The van der Waals surface area contributed by atoms with Gasteiger partial charge in [0.2, 0.25) is 6.79 Å². The smallest absolute Gasteiger partial charge is 0.231 e. The van der Waals surface area contributed by atoms with Gasteiger partial charge in [-0.1, -0.05) is 79.6 Å². The summed E-state index contributed by atoms with van der Waals surface area (Å²) in [6, 6.07) is 21.1. The van der Waals surface area contributed by atoms with Gasteiger partial charge in [-0.2, -0.15) is 0 Å². The molecule has 0 atom stereocenters. The highest BCUT2D eigenvalue weighted by atomic mass is 35.5. The van der Waals surface area contributed by atoms with Crippen molar-refractivity contribution in [1.82, 2.24) is 14.5 Å². The first kappa shape index (κ1) is 26.0. The molecule has 2 heterocycles. The van der Waals surface area contributed by atoms with E-state index in [1.807, 2.05) is 48.7 Å². The third-order valence-electron chi connectivity index (χ3n) is 6.56. The van der Waals surface area contributed by atoms with Gasteiger partial charge < -0.3 is 14.0 Å². The fourth-order valence-corrected chi connectivity index (χ4v) is 4.76. The average molecular weight is 532 g/mol. The Bertz CT molecular complexity index is 1400. The van der Waals surface area contributed by atoms with Gasteiger partial charge in [0, 0.05) is 42.3 Å². The minimum Gasteiger partial charge on any atom is -0.454 e. The van der Waals surface area contributed by atoms with Crippen LogP contribution in [0.3, 0.4) is 0 Å². The van der Waals surface area contributed by atoms with Crippen molar-refractivity contribution in [3.05, 3.63) is 107 Å². The highest BCUT2D eigenvalue weighted by molar-refractivity contribution is 6.30. The van der Waals surface area contributed by atoms with Crippen molar-refractivity contribution >= 4 is 17.7 Å². The highest BCUT2D eigenvalue weighted by Crippen LogP contribution is 2.33. The molecule has 0 spiro atoms. The Morgan fingerprint density at radius 3 is 2.68 bits per heavy atom. The van der Waals surface area contributed by atoms with Crippen LogP contribution in [0.2, 0.25) is 5.02 Å². The van der Waals surface area contributed by atoms with Gasteiger partial charge in [0.15, 0.2) is 11.5 Å². The van der Waals surface area contributed by atoms with Crippen molar-refractivity contribution in [1.29, 1.82) is 0 Å². The average Bonchev–Trinajstić information content (AvgIpc) is 3.55. The Morgan fingerprint density at radius 1 is 1.03 bits per heavy atom. The zero-order valence-electron chi connectivity index (χ0n) is 21.4. The highest BCUT2D eigenvalue weighted by Gasteiger charge is 2.17. The molecule has 0 unspecified atom stereocenters. The van der Waals surface area contributed by atoms with Gasteiger partial charge in [0.05, 0.1) is 11.9 Å². The van der Waals surface area contributed by atoms with Crippen LogP contribution in [0.25, 0.3) is 17.5 Å². The number of aromatic nitrogens is 2. The molecular formula is C31H31ClFN3O2. The van der Waals surface area contributed by atoms with Gasteiger partial charge >= 0.3 is 0 Å². The second-order valence-corrected chi connectivity index (χ2v) is 9.81. The zero-order chi connectivity index (χ0) is 26.3. The maximum Gasteiger partial charge on any atom is 0.231 e. The minimum atomic E-state index is -0.332. The van der Waals surface area contributed by atoms with Crippen LogP contribution < -0.4 is 9.47 Å². The molecule has 5 nitrogen and oxygen atoms in total. The molecule has 7 heteroatoms. The summed E-state index contributed by atoms with van der Waals surface area (Å²) in [6.07, 6.45) is 7.95. The maximum absolute atomic E-state index is 14.3. The van der Waals surface area contributed by atoms with Crippen LogP contribution in [0, 0.1) is 5.82 Å². The van der Waals surface area contributed by atoms with Gasteiger partial charge in [-0.3, -0.25) is 4.90 Å². The van der Waals surface area contributed by atoms with E-state index in [2.05, 4.69) is 34.6 Å². The molecule has 0 aliphatic carbocycles.